The predicted molar refractivity (Wildman–Crippen MR) is 201 cm³/mol. The van der Waals surface area contributed by atoms with Crippen LogP contribution in [0.1, 0.15) is 0 Å². The first-order valence-corrected chi connectivity index (χ1v) is 16.6. The van der Waals surface area contributed by atoms with Crippen molar-refractivity contribution in [1.29, 1.82) is 0 Å². The Bertz CT molecular complexity index is 2820. The largest absolute Gasteiger partial charge is 0.456 e. The molecule has 50 heavy (non-hydrogen) atoms. The summed E-state index contributed by atoms with van der Waals surface area (Å²) < 4.78 is 8.54. The summed E-state index contributed by atoms with van der Waals surface area (Å²) in [5.41, 5.74) is 9.44. The van der Waals surface area contributed by atoms with E-state index in [0.717, 1.165) is 71.7 Å². The molecule has 4 aromatic heterocycles. The Labute approximate surface area is 287 Å². The molecule has 0 amide bonds. The van der Waals surface area contributed by atoms with Gasteiger partial charge in [0.2, 0.25) is 0 Å². The zero-order valence-electron chi connectivity index (χ0n) is 26.7. The topological polar surface area (TPSA) is 69.6 Å². The molecule has 6 heteroatoms. The summed E-state index contributed by atoms with van der Waals surface area (Å²) in [6, 6.07) is 53.9. The van der Waals surface area contributed by atoms with Crippen LogP contribution in [0.5, 0.6) is 0 Å². The van der Waals surface area contributed by atoms with E-state index in [4.69, 9.17) is 24.4 Å². The van der Waals surface area contributed by atoms with E-state index < -0.39 is 0 Å². The molecular formula is C44H27N5O. The van der Waals surface area contributed by atoms with Crippen LogP contribution in [0.3, 0.4) is 0 Å². The quantitative estimate of drug-likeness (QED) is 0.187. The van der Waals surface area contributed by atoms with Crippen molar-refractivity contribution in [2.24, 2.45) is 0 Å². The first-order chi connectivity index (χ1) is 24.8. The van der Waals surface area contributed by atoms with Crippen molar-refractivity contribution in [3.63, 3.8) is 0 Å². The lowest BCUT2D eigenvalue weighted by molar-refractivity contribution is 0.669. The number of furan rings is 1. The first-order valence-electron chi connectivity index (χ1n) is 16.6. The third kappa shape index (κ3) is 4.58. The first kappa shape index (κ1) is 28.1. The fraction of sp³-hybridized carbons (Fsp3) is 0. The van der Waals surface area contributed by atoms with Gasteiger partial charge in [-0.25, -0.2) is 15.0 Å². The number of nitrogens with zero attached hydrogens (tertiary/aromatic N) is 5. The van der Waals surface area contributed by atoms with Crippen molar-refractivity contribution in [2.75, 3.05) is 0 Å². The molecule has 0 aliphatic carbocycles. The summed E-state index contributed by atoms with van der Waals surface area (Å²) >= 11 is 0. The molecule has 234 valence electrons. The van der Waals surface area contributed by atoms with E-state index in [1.807, 2.05) is 84.9 Å². The van der Waals surface area contributed by atoms with Crippen molar-refractivity contribution in [2.45, 2.75) is 0 Å². The summed E-state index contributed by atoms with van der Waals surface area (Å²) in [6.45, 7) is 0. The maximum atomic E-state index is 6.26. The van der Waals surface area contributed by atoms with Crippen molar-refractivity contribution in [3.8, 4) is 51.1 Å². The van der Waals surface area contributed by atoms with Gasteiger partial charge in [-0.05, 0) is 53.6 Å². The fourth-order valence-corrected chi connectivity index (χ4v) is 6.98. The number of pyridine rings is 1. The number of fused-ring (bicyclic) bond motifs is 6. The van der Waals surface area contributed by atoms with E-state index in [2.05, 4.69) is 77.4 Å². The van der Waals surface area contributed by atoms with Gasteiger partial charge in [-0.2, -0.15) is 0 Å². The smallest absolute Gasteiger partial charge is 0.184 e. The molecule has 0 radical (unpaired) electrons. The standard InChI is InChI=1S/C44H27N5O/c1-3-12-28(13-4-1)42-46-43(29-14-5-2-6-15-29)48-44(47-42)41-37(19-11-25-45-41)49-36-18-9-7-16-32(36)33-23-21-30(26-38(33)49)31-22-24-35-34-17-8-10-20-39(34)50-40(35)27-31/h1-27H. The maximum absolute atomic E-state index is 6.26. The molecule has 0 spiro atoms. The Morgan fingerprint density at radius 3 is 1.74 bits per heavy atom. The van der Waals surface area contributed by atoms with Gasteiger partial charge < -0.3 is 8.98 Å². The molecule has 4 heterocycles. The van der Waals surface area contributed by atoms with Crippen LogP contribution in [0.15, 0.2) is 168 Å². The highest BCUT2D eigenvalue weighted by atomic mass is 16.3. The van der Waals surface area contributed by atoms with Crippen LogP contribution < -0.4 is 0 Å². The van der Waals surface area contributed by atoms with Gasteiger partial charge in [0.1, 0.15) is 16.9 Å². The highest BCUT2D eigenvalue weighted by Crippen LogP contribution is 2.38. The number of aromatic nitrogens is 5. The second-order valence-electron chi connectivity index (χ2n) is 12.3. The monoisotopic (exact) mass is 641 g/mol. The minimum atomic E-state index is 0.505. The van der Waals surface area contributed by atoms with Crippen LogP contribution in [0.25, 0.3) is 94.9 Å². The SMILES string of the molecule is c1ccc(-c2nc(-c3ccccc3)nc(-c3ncccc3-n3c4ccccc4c4ccc(-c5ccc6c(c5)oc5ccccc56)cc43)n2)cc1. The van der Waals surface area contributed by atoms with E-state index in [9.17, 15) is 0 Å². The van der Waals surface area contributed by atoms with Gasteiger partial charge in [-0.3, -0.25) is 4.98 Å². The van der Waals surface area contributed by atoms with Gasteiger partial charge in [-0.15, -0.1) is 0 Å². The molecular weight excluding hydrogens is 615 g/mol. The van der Waals surface area contributed by atoms with E-state index in [1.165, 1.54) is 0 Å². The number of rotatable bonds is 5. The van der Waals surface area contributed by atoms with Crippen LogP contribution in [0, 0.1) is 0 Å². The zero-order valence-corrected chi connectivity index (χ0v) is 26.7. The average molecular weight is 642 g/mol. The van der Waals surface area contributed by atoms with Crippen LogP contribution in [-0.4, -0.2) is 24.5 Å². The molecule has 0 saturated carbocycles. The second-order valence-corrected chi connectivity index (χ2v) is 12.3. The summed E-state index contributed by atoms with van der Waals surface area (Å²) in [7, 11) is 0. The highest BCUT2D eigenvalue weighted by molar-refractivity contribution is 6.11. The lowest BCUT2D eigenvalue weighted by atomic mass is 10.0. The molecule has 6 nitrogen and oxygen atoms in total. The molecule has 0 unspecified atom stereocenters. The number of hydrogen-bond acceptors (Lipinski definition) is 5. The van der Waals surface area contributed by atoms with Crippen LogP contribution >= 0.6 is 0 Å². The molecule has 0 aliphatic heterocycles. The normalized spacial score (nSPS) is 11.6. The van der Waals surface area contributed by atoms with E-state index in [1.54, 1.807) is 6.20 Å². The highest BCUT2D eigenvalue weighted by Gasteiger charge is 2.20. The van der Waals surface area contributed by atoms with Gasteiger partial charge in [0.25, 0.3) is 0 Å². The molecule has 0 fully saturated rings. The van der Waals surface area contributed by atoms with Crippen LogP contribution in [0.4, 0.5) is 0 Å². The van der Waals surface area contributed by atoms with Gasteiger partial charge in [0, 0.05) is 38.9 Å². The summed E-state index contributed by atoms with van der Waals surface area (Å²) in [6.07, 6.45) is 1.80. The number of benzene rings is 6. The molecule has 0 saturated heterocycles. The molecule has 10 rings (SSSR count). The lowest BCUT2D eigenvalue weighted by Crippen LogP contribution is -2.05. The van der Waals surface area contributed by atoms with Gasteiger partial charge in [0.05, 0.1) is 16.7 Å². The van der Waals surface area contributed by atoms with Gasteiger partial charge >= 0.3 is 0 Å². The minimum Gasteiger partial charge on any atom is -0.456 e. The fourth-order valence-electron chi connectivity index (χ4n) is 6.98. The Morgan fingerprint density at radius 1 is 0.400 bits per heavy atom. The molecule has 0 aliphatic rings. The number of hydrogen-bond donors (Lipinski definition) is 0. The van der Waals surface area contributed by atoms with Crippen molar-refractivity contribution in [3.05, 3.63) is 164 Å². The van der Waals surface area contributed by atoms with E-state index >= 15 is 0 Å². The van der Waals surface area contributed by atoms with Crippen molar-refractivity contribution < 1.29 is 4.42 Å². The summed E-state index contributed by atoms with van der Waals surface area (Å²) in [4.78, 5) is 19.9. The van der Waals surface area contributed by atoms with Crippen LogP contribution in [0.2, 0.25) is 0 Å². The van der Waals surface area contributed by atoms with Crippen LogP contribution in [-0.2, 0) is 0 Å². The molecule has 6 aromatic carbocycles. The lowest BCUT2D eigenvalue weighted by Gasteiger charge is -2.14. The average Bonchev–Trinajstić information content (AvgIpc) is 3.73. The molecule has 0 N–H and O–H groups in total. The zero-order chi connectivity index (χ0) is 33.0. The Hall–Kier alpha value is -6.92. The maximum Gasteiger partial charge on any atom is 0.184 e. The summed E-state index contributed by atoms with van der Waals surface area (Å²) in [5.74, 6) is 1.69. The third-order valence-electron chi connectivity index (χ3n) is 9.32. The summed E-state index contributed by atoms with van der Waals surface area (Å²) in [5, 5.41) is 4.54. The Balaban J connectivity index is 1.20. The second kappa shape index (κ2) is 11.4. The minimum absolute atomic E-state index is 0.505. The molecule has 10 aromatic rings. The molecule has 0 atom stereocenters. The van der Waals surface area contributed by atoms with Gasteiger partial charge in [0.15, 0.2) is 17.5 Å². The van der Waals surface area contributed by atoms with Crippen molar-refractivity contribution >= 4 is 43.7 Å². The van der Waals surface area contributed by atoms with E-state index in [-0.39, 0.29) is 0 Å². The number of para-hydroxylation sites is 2. The van der Waals surface area contributed by atoms with Crippen molar-refractivity contribution in [1.82, 2.24) is 24.5 Å². The Kier molecular flexibility index (Phi) is 6.39. The third-order valence-corrected chi connectivity index (χ3v) is 9.32. The Morgan fingerprint density at radius 2 is 0.980 bits per heavy atom. The van der Waals surface area contributed by atoms with E-state index in [0.29, 0.717) is 23.2 Å². The van der Waals surface area contributed by atoms with Gasteiger partial charge in [-0.1, -0.05) is 115 Å². The molecule has 0 bridgehead atoms. The predicted octanol–water partition coefficient (Wildman–Crippen LogP) is 10.9.